The van der Waals surface area contributed by atoms with E-state index < -0.39 is 0 Å². The van der Waals surface area contributed by atoms with E-state index in [0.717, 1.165) is 24.3 Å². The van der Waals surface area contributed by atoms with Gasteiger partial charge in [-0.25, -0.2) is 0 Å². The highest BCUT2D eigenvalue weighted by molar-refractivity contribution is 8.14. The van der Waals surface area contributed by atoms with Gasteiger partial charge in [-0.3, -0.25) is 4.99 Å². The highest BCUT2D eigenvalue weighted by atomic mass is 32.2. The number of hydrogen-bond acceptors (Lipinski definition) is 4. The van der Waals surface area contributed by atoms with E-state index in [2.05, 4.69) is 28.3 Å². The van der Waals surface area contributed by atoms with Crippen LogP contribution in [0.4, 0.5) is 0 Å². The Morgan fingerprint density at radius 1 is 1.33 bits per heavy atom. The predicted octanol–water partition coefficient (Wildman–Crippen LogP) is 3.52. The average molecular weight is 284 g/mol. The molecule has 1 atom stereocenters. The first kappa shape index (κ1) is 13.2. The van der Waals surface area contributed by atoms with Crippen molar-refractivity contribution in [3.05, 3.63) is 0 Å². The topological polar surface area (TPSA) is 24.4 Å². The van der Waals surface area contributed by atoms with Crippen molar-refractivity contribution in [2.45, 2.75) is 54.9 Å². The van der Waals surface area contributed by atoms with Crippen molar-refractivity contribution >= 4 is 28.7 Å². The van der Waals surface area contributed by atoms with Gasteiger partial charge in [0.05, 0.1) is 6.54 Å². The lowest BCUT2D eigenvalue weighted by Gasteiger charge is -2.36. The molecule has 1 heterocycles. The highest BCUT2D eigenvalue weighted by Crippen LogP contribution is 2.42. The molecule has 0 aromatic heterocycles. The third kappa shape index (κ3) is 3.01. The van der Waals surface area contributed by atoms with Crippen LogP contribution in [0.25, 0.3) is 0 Å². The molecule has 1 N–H and O–H groups in total. The van der Waals surface area contributed by atoms with Crippen LogP contribution in [-0.4, -0.2) is 34.5 Å². The fourth-order valence-corrected chi connectivity index (χ4v) is 5.21. The molecule has 2 nitrogen and oxygen atoms in total. The van der Waals surface area contributed by atoms with Crippen LogP contribution >= 0.6 is 23.5 Å². The molecule has 0 radical (unpaired) electrons. The lowest BCUT2D eigenvalue weighted by molar-refractivity contribution is 0.395. The smallest absolute Gasteiger partial charge is 0.156 e. The number of nitrogens with one attached hydrogen (secondary N) is 1. The fourth-order valence-electron chi connectivity index (χ4n) is 3.09. The number of nitrogens with zero attached hydrogens (tertiary/aromatic N) is 1. The predicted molar refractivity (Wildman–Crippen MR) is 83.7 cm³/mol. The number of hydrogen-bond donors (Lipinski definition) is 1. The van der Waals surface area contributed by atoms with Gasteiger partial charge >= 0.3 is 0 Å². The van der Waals surface area contributed by atoms with Crippen molar-refractivity contribution in [1.29, 1.82) is 0 Å². The molecule has 0 aromatic rings. The van der Waals surface area contributed by atoms with Crippen molar-refractivity contribution in [1.82, 2.24) is 5.32 Å². The van der Waals surface area contributed by atoms with Crippen LogP contribution in [0, 0.1) is 5.92 Å². The Kier molecular flexibility index (Phi) is 4.14. The van der Waals surface area contributed by atoms with Crippen LogP contribution in [0.5, 0.6) is 0 Å². The molecule has 1 unspecified atom stereocenters. The summed E-state index contributed by atoms with van der Waals surface area (Å²) in [5.41, 5.74) is 0. The Morgan fingerprint density at radius 2 is 2.11 bits per heavy atom. The van der Waals surface area contributed by atoms with E-state index in [-0.39, 0.29) is 0 Å². The molecule has 4 heteroatoms. The van der Waals surface area contributed by atoms with Gasteiger partial charge in [-0.05, 0) is 37.9 Å². The zero-order valence-corrected chi connectivity index (χ0v) is 12.9. The molecule has 102 valence electrons. The molecule has 18 heavy (non-hydrogen) atoms. The van der Waals surface area contributed by atoms with Crippen LogP contribution in [0.2, 0.25) is 0 Å². The summed E-state index contributed by atoms with van der Waals surface area (Å²) >= 11 is 4.08. The van der Waals surface area contributed by atoms with Crippen molar-refractivity contribution < 1.29 is 0 Å². The monoisotopic (exact) mass is 284 g/mol. The standard InChI is InChI=1S/C14H24N2S2/c1-17-14(7-3-2-4-8-14)10-16-13-15-9-12(18-13)11-5-6-11/h11-12H,2-10H2,1H3,(H,15,16). The van der Waals surface area contributed by atoms with Crippen molar-refractivity contribution in [2.24, 2.45) is 10.9 Å². The van der Waals surface area contributed by atoms with Gasteiger partial charge in [-0.15, -0.1) is 0 Å². The van der Waals surface area contributed by atoms with Gasteiger partial charge in [-0.1, -0.05) is 31.0 Å². The summed E-state index contributed by atoms with van der Waals surface area (Å²) in [6.07, 6.45) is 12.2. The van der Waals surface area contributed by atoms with E-state index in [1.165, 1.54) is 50.1 Å². The third-order valence-electron chi connectivity index (χ3n) is 4.59. The second-order valence-corrected chi connectivity index (χ2v) is 8.44. The summed E-state index contributed by atoms with van der Waals surface area (Å²) in [6, 6.07) is 0. The number of rotatable bonds is 4. The minimum absolute atomic E-state index is 0.485. The molecule has 2 fully saturated rings. The SMILES string of the molecule is CSC1(CNC2=NCC(C3CC3)S2)CCCCC1. The first-order valence-corrected chi connectivity index (χ1v) is 9.42. The maximum atomic E-state index is 4.69. The average Bonchev–Trinajstić information content (AvgIpc) is 3.17. The second kappa shape index (κ2) is 5.66. The Balaban J connectivity index is 1.48. The molecule has 3 aliphatic rings. The maximum Gasteiger partial charge on any atom is 0.156 e. The Hall–Kier alpha value is 0.170. The summed E-state index contributed by atoms with van der Waals surface area (Å²) in [4.78, 5) is 4.69. The molecular formula is C14H24N2S2. The summed E-state index contributed by atoms with van der Waals surface area (Å²) in [6.45, 7) is 2.18. The van der Waals surface area contributed by atoms with Crippen molar-refractivity contribution in [3.63, 3.8) is 0 Å². The minimum Gasteiger partial charge on any atom is -0.364 e. The Morgan fingerprint density at radius 3 is 2.78 bits per heavy atom. The molecule has 1 aliphatic heterocycles. The normalized spacial score (nSPS) is 31.2. The zero-order valence-electron chi connectivity index (χ0n) is 11.3. The van der Waals surface area contributed by atoms with Crippen LogP contribution in [0.1, 0.15) is 44.9 Å². The molecule has 2 aliphatic carbocycles. The van der Waals surface area contributed by atoms with Crippen molar-refractivity contribution in [3.8, 4) is 0 Å². The molecule has 0 saturated heterocycles. The van der Waals surface area contributed by atoms with Crippen LogP contribution in [0.15, 0.2) is 4.99 Å². The first-order chi connectivity index (χ1) is 8.81. The maximum absolute atomic E-state index is 4.69. The molecule has 0 bridgehead atoms. The number of amidine groups is 1. The van der Waals surface area contributed by atoms with Crippen molar-refractivity contribution in [2.75, 3.05) is 19.3 Å². The number of aliphatic imine (C=N–C) groups is 1. The van der Waals surface area contributed by atoms with Crippen LogP contribution in [0.3, 0.4) is 0 Å². The van der Waals surface area contributed by atoms with Crippen LogP contribution < -0.4 is 5.32 Å². The quantitative estimate of drug-likeness (QED) is 0.855. The molecule has 0 amide bonds. The van der Waals surface area contributed by atoms with E-state index in [1.807, 2.05) is 11.8 Å². The van der Waals surface area contributed by atoms with E-state index >= 15 is 0 Å². The van der Waals surface area contributed by atoms with Crippen LogP contribution in [-0.2, 0) is 0 Å². The van der Waals surface area contributed by atoms with E-state index in [9.17, 15) is 0 Å². The van der Waals surface area contributed by atoms with Gasteiger partial charge in [-0.2, -0.15) is 11.8 Å². The minimum atomic E-state index is 0.485. The third-order valence-corrected chi connectivity index (χ3v) is 7.34. The summed E-state index contributed by atoms with van der Waals surface area (Å²) in [5, 5.41) is 5.67. The molecule has 0 aromatic carbocycles. The van der Waals surface area contributed by atoms with E-state index in [4.69, 9.17) is 0 Å². The second-order valence-electron chi connectivity index (χ2n) is 5.94. The first-order valence-electron chi connectivity index (χ1n) is 7.31. The lowest BCUT2D eigenvalue weighted by atomic mass is 9.88. The largest absolute Gasteiger partial charge is 0.364 e. The van der Waals surface area contributed by atoms with E-state index in [0.29, 0.717) is 4.75 Å². The van der Waals surface area contributed by atoms with Gasteiger partial charge < -0.3 is 5.32 Å². The van der Waals surface area contributed by atoms with Gasteiger partial charge in [0.2, 0.25) is 0 Å². The summed E-state index contributed by atoms with van der Waals surface area (Å²) < 4.78 is 0.485. The number of thioether (sulfide) groups is 2. The Labute approximate surface area is 119 Å². The van der Waals surface area contributed by atoms with Gasteiger partial charge in [0, 0.05) is 16.5 Å². The van der Waals surface area contributed by atoms with Gasteiger partial charge in [0.25, 0.3) is 0 Å². The Bertz CT molecular complexity index is 320. The van der Waals surface area contributed by atoms with E-state index in [1.54, 1.807) is 0 Å². The molecule has 3 rings (SSSR count). The molecule has 0 spiro atoms. The summed E-state index contributed by atoms with van der Waals surface area (Å²) in [7, 11) is 0. The molecular weight excluding hydrogens is 260 g/mol. The summed E-state index contributed by atoms with van der Waals surface area (Å²) in [5.74, 6) is 0.974. The van der Waals surface area contributed by atoms with Gasteiger partial charge in [0.15, 0.2) is 5.17 Å². The highest BCUT2D eigenvalue weighted by Gasteiger charge is 2.36. The zero-order chi connectivity index (χ0) is 12.4. The molecule has 2 saturated carbocycles. The lowest BCUT2D eigenvalue weighted by Crippen LogP contribution is -2.40. The van der Waals surface area contributed by atoms with Gasteiger partial charge in [0.1, 0.15) is 0 Å². The fraction of sp³-hybridized carbons (Fsp3) is 0.929.